The van der Waals surface area contributed by atoms with Crippen LogP contribution in [0, 0.1) is 5.92 Å². The Hall–Kier alpha value is -1.92. The van der Waals surface area contributed by atoms with E-state index < -0.39 is 18.0 Å². The molecule has 0 spiro atoms. The maximum atomic E-state index is 12.3. The second-order valence-electron chi connectivity index (χ2n) is 5.25. The van der Waals surface area contributed by atoms with Crippen LogP contribution in [0.3, 0.4) is 0 Å². The van der Waals surface area contributed by atoms with Gasteiger partial charge >= 0.3 is 5.97 Å². The van der Waals surface area contributed by atoms with Gasteiger partial charge in [-0.25, -0.2) is 4.79 Å². The monoisotopic (exact) mass is 280 g/mol. The second-order valence-corrected chi connectivity index (χ2v) is 5.25. The van der Waals surface area contributed by atoms with E-state index in [0.717, 1.165) is 25.7 Å². The van der Waals surface area contributed by atoms with Crippen molar-refractivity contribution in [2.45, 2.75) is 44.8 Å². The molecule has 7 nitrogen and oxygen atoms in total. The molecule has 2 aliphatic heterocycles. The predicted octanol–water partition coefficient (Wildman–Crippen LogP) is 0.232. The molecular weight excluding hydrogens is 264 g/mol. The Morgan fingerprint density at radius 3 is 2.80 bits per heavy atom. The molecule has 2 fully saturated rings. The summed E-state index contributed by atoms with van der Waals surface area (Å²) in [6, 6.07) is -0.0263. The normalized spacial score (nSPS) is 28.2. The van der Waals surface area contributed by atoms with E-state index in [1.165, 1.54) is 4.90 Å². The van der Waals surface area contributed by atoms with Gasteiger partial charge < -0.3 is 9.57 Å². The second kappa shape index (κ2) is 4.88. The van der Waals surface area contributed by atoms with E-state index in [-0.39, 0.29) is 30.2 Å². The van der Waals surface area contributed by atoms with Crippen LogP contribution in [0.25, 0.3) is 0 Å². The number of carbonyl (C=O) groups is 3. The molecule has 0 aromatic rings. The van der Waals surface area contributed by atoms with E-state index in [1.54, 1.807) is 0 Å². The third kappa shape index (κ3) is 1.97. The molecule has 0 radical (unpaired) electrons. The lowest BCUT2D eigenvalue weighted by molar-refractivity contribution is -0.143. The van der Waals surface area contributed by atoms with E-state index in [1.807, 2.05) is 6.92 Å². The van der Waals surface area contributed by atoms with Crippen LogP contribution in [0.15, 0.2) is 5.16 Å². The summed E-state index contributed by atoms with van der Waals surface area (Å²) >= 11 is 0. The van der Waals surface area contributed by atoms with Gasteiger partial charge in [-0.3, -0.25) is 14.5 Å². The number of nitrogens with zero attached hydrogens (tertiary/aromatic N) is 2. The molecule has 1 saturated heterocycles. The number of likely N-dealkylation sites (tertiary alicyclic amines) is 1. The van der Waals surface area contributed by atoms with Crippen LogP contribution in [0.1, 0.15) is 32.6 Å². The van der Waals surface area contributed by atoms with Crippen molar-refractivity contribution in [2.75, 3.05) is 6.61 Å². The maximum absolute atomic E-state index is 12.3. The summed E-state index contributed by atoms with van der Waals surface area (Å²) in [4.78, 5) is 42.4. The highest BCUT2D eigenvalue weighted by Crippen LogP contribution is 2.37. The fourth-order valence-corrected chi connectivity index (χ4v) is 2.44. The number of oxime groups is 1. The summed E-state index contributed by atoms with van der Waals surface area (Å²) in [7, 11) is 0. The van der Waals surface area contributed by atoms with E-state index in [0.29, 0.717) is 0 Å². The number of rotatable bonds is 5. The summed E-state index contributed by atoms with van der Waals surface area (Å²) in [5.74, 6) is -2.35. The fourth-order valence-electron chi connectivity index (χ4n) is 2.44. The van der Waals surface area contributed by atoms with Crippen LogP contribution >= 0.6 is 0 Å². The Labute approximate surface area is 115 Å². The van der Waals surface area contributed by atoms with Gasteiger partial charge in [-0.1, -0.05) is 18.5 Å². The average molecular weight is 280 g/mol. The van der Waals surface area contributed by atoms with Gasteiger partial charge in [0, 0.05) is 6.04 Å². The molecule has 7 heteroatoms. The van der Waals surface area contributed by atoms with Crippen molar-refractivity contribution < 1.29 is 24.0 Å². The topological polar surface area (TPSA) is 85.3 Å². The maximum Gasteiger partial charge on any atom is 0.357 e. The quantitative estimate of drug-likeness (QED) is 0.409. The van der Waals surface area contributed by atoms with Gasteiger partial charge in [-0.15, -0.1) is 0 Å². The first-order valence-corrected chi connectivity index (χ1v) is 6.93. The van der Waals surface area contributed by atoms with Crippen LogP contribution in [0.4, 0.5) is 0 Å². The van der Waals surface area contributed by atoms with Gasteiger partial charge in [-0.05, 0) is 19.3 Å². The minimum atomic E-state index is -0.975. The highest BCUT2D eigenvalue weighted by molar-refractivity contribution is 6.43. The van der Waals surface area contributed by atoms with Crippen LogP contribution < -0.4 is 0 Å². The van der Waals surface area contributed by atoms with E-state index in [9.17, 15) is 14.4 Å². The molecule has 2 heterocycles. The molecule has 108 valence electrons. The molecule has 0 bridgehead atoms. The Morgan fingerprint density at radius 2 is 2.15 bits per heavy atom. The summed E-state index contributed by atoms with van der Waals surface area (Å²) in [6.07, 6.45) is 2.32. The fraction of sp³-hybridized carbons (Fsp3) is 0.692. The molecule has 2 amide bonds. The number of unbranched alkanes of at least 4 members (excludes halogenated alkanes) is 1. The molecule has 2 atom stereocenters. The Balaban J connectivity index is 1.71. The van der Waals surface area contributed by atoms with Crippen LogP contribution in [-0.4, -0.2) is 47.1 Å². The molecule has 0 aromatic carbocycles. The lowest BCUT2D eigenvalue weighted by Crippen LogP contribution is -2.36. The van der Waals surface area contributed by atoms with Crippen LogP contribution in [0.2, 0.25) is 0 Å². The largest absolute Gasteiger partial charge is 0.461 e. The number of hydrogen-bond donors (Lipinski definition) is 0. The first-order valence-electron chi connectivity index (χ1n) is 6.93. The van der Waals surface area contributed by atoms with Crippen molar-refractivity contribution in [1.29, 1.82) is 0 Å². The number of amides is 2. The number of carbonyl (C=O) groups excluding carboxylic acids is 3. The van der Waals surface area contributed by atoms with Crippen molar-refractivity contribution in [3.8, 4) is 0 Å². The lowest BCUT2D eigenvalue weighted by Gasteiger charge is -2.13. The highest BCUT2D eigenvalue weighted by atomic mass is 16.7. The number of hydrogen-bond acceptors (Lipinski definition) is 6. The zero-order valence-electron chi connectivity index (χ0n) is 11.2. The Bertz CT molecular complexity index is 497. The van der Waals surface area contributed by atoms with Gasteiger partial charge in [0.2, 0.25) is 12.0 Å². The van der Waals surface area contributed by atoms with Gasteiger partial charge in [0.1, 0.15) is 5.92 Å². The summed E-state index contributed by atoms with van der Waals surface area (Å²) in [6.45, 7) is 2.26. The third-order valence-electron chi connectivity index (χ3n) is 3.70. The Morgan fingerprint density at radius 1 is 1.40 bits per heavy atom. The van der Waals surface area contributed by atoms with E-state index >= 15 is 0 Å². The first kappa shape index (κ1) is 13.1. The number of fused-ring (bicyclic) bond motifs is 1. The zero-order chi connectivity index (χ0) is 14.3. The first-order chi connectivity index (χ1) is 9.65. The number of esters is 1. The van der Waals surface area contributed by atoms with E-state index in [4.69, 9.17) is 9.57 Å². The van der Waals surface area contributed by atoms with Crippen molar-refractivity contribution in [2.24, 2.45) is 11.1 Å². The van der Waals surface area contributed by atoms with Crippen LogP contribution in [0.5, 0.6) is 0 Å². The molecule has 1 saturated carbocycles. The van der Waals surface area contributed by atoms with Crippen molar-refractivity contribution >= 4 is 23.5 Å². The van der Waals surface area contributed by atoms with Crippen molar-refractivity contribution in [3.05, 3.63) is 0 Å². The molecule has 0 aromatic heterocycles. The predicted molar refractivity (Wildman–Crippen MR) is 66.5 cm³/mol. The lowest BCUT2D eigenvalue weighted by atomic mass is 10.00. The summed E-state index contributed by atoms with van der Waals surface area (Å²) in [5, 5.41) is 3.59. The average Bonchev–Trinajstić information content (AvgIpc) is 3.09. The molecule has 3 aliphatic rings. The number of ether oxygens (including phenoxy) is 1. The smallest absolute Gasteiger partial charge is 0.357 e. The molecule has 1 aliphatic carbocycles. The van der Waals surface area contributed by atoms with Crippen molar-refractivity contribution in [3.63, 3.8) is 0 Å². The van der Waals surface area contributed by atoms with Gasteiger partial charge in [0.25, 0.3) is 5.91 Å². The molecule has 2 unspecified atom stereocenters. The Kier molecular flexibility index (Phi) is 3.19. The SMILES string of the molecule is CCCCOC(=O)C1=NOC2C(=O)N(C3CC3)C(=O)C12. The van der Waals surface area contributed by atoms with Gasteiger partial charge in [0.15, 0.2) is 5.71 Å². The third-order valence-corrected chi connectivity index (χ3v) is 3.70. The minimum absolute atomic E-state index is 0.0263. The standard InChI is InChI=1S/C13H16N2O5/c1-2-3-6-19-13(18)9-8-10(20-14-9)12(17)15(11(8)16)7-4-5-7/h7-8,10H,2-6H2,1H3. The van der Waals surface area contributed by atoms with Gasteiger partial charge in [-0.2, -0.15) is 0 Å². The molecular formula is C13H16N2O5. The molecule has 0 N–H and O–H groups in total. The highest BCUT2D eigenvalue weighted by Gasteiger charge is 2.60. The molecule has 3 rings (SSSR count). The molecule has 20 heavy (non-hydrogen) atoms. The van der Waals surface area contributed by atoms with E-state index in [2.05, 4.69) is 5.16 Å². The summed E-state index contributed by atoms with van der Waals surface area (Å²) < 4.78 is 5.04. The van der Waals surface area contributed by atoms with Gasteiger partial charge in [0.05, 0.1) is 6.61 Å². The van der Waals surface area contributed by atoms with Crippen molar-refractivity contribution in [1.82, 2.24) is 4.90 Å². The van der Waals surface area contributed by atoms with Crippen LogP contribution in [-0.2, 0) is 24.0 Å². The number of imide groups is 1. The minimum Gasteiger partial charge on any atom is -0.461 e. The zero-order valence-corrected chi connectivity index (χ0v) is 11.2. The summed E-state index contributed by atoms with van der Waals surface area (Å²) in [5.41, 5.74) is -0.0763.